The van der Waals surface area contributed by atoms with Gasteiger partial charge in [-0.25, -0.2) is 0 Å². The van der Waals surface area contributed by atoms with Crippen molar-refractivity contribution in [3.63, 3.8) is 0 Å². The average molecular weight is 144 g/mol. The number of aliphatic hydroxyl groups is 1. The Hall–Kier alpha value is -0.0800. The Balaban J connectivity index is 2.60. The topological polar surface area (TPSA) is 29.5 Å². The van der Waals surface area contributed by atoms with Gasteiger partial charge in [0, 0.05) is 6.61 Å². The van der Waals surface area contributed by atoms with Crippen molar-refractivity contribution in [2.24, 2.45) is 5.41 Å². The van der Waals surface area contributed by atoms with Gasteiger partial charge in [0.1, 0.15) is 0 Å². The molecule has 10 heavy (non-hydrogen) atoms. The van der Waals surface area contributed by atoms with E-state index in [1.54, 1.807) is 0 Å². The van der Waals surface area contributed by atoms with Crippen LogP contribution in [-0.4, -0.2) is 23.9 Å². The third-order valence-electron chi connectivity index (χ3n) is 2.37. The van der Waals surface area contributed by atoms with Gasteiger partial charge in [-0.3, -0.25) is 0 Å². The van der Waals surface area contributed by atoms with Crippen molar-refractivity contribution < 1.29 is 9.84 Å². The largest absolute Gasteiger partial charge is 0.390 e. The average Bonchev–Trinajstić information content (AvgIpc) is 1.83. The number of rotatable bonds is 0. The summed E-state index contributed by atoms with van der Waals surface area (Å²) < 4.78 is 5.28. The van der Waals surface area contributed by atoms with E-state index in [1.807, 2.05) is 6.92 Å². The third kappa shape index (κ3) is 1.32. The predicted octanol–water partition coefficient (Wildman–Crippen LogP) is 1.18. The van der Waals surface area contributed by atoms with Crippen LogP contribution in [-0.2, 0) is 4.74 Å². The maximum atomic E-state index is 9.58. The summed E-state index contributed by atoms with van der Waals surface area (Å²) in [5.41, 5.74) is 0.0394. The third-order valence-corrected chi connectivity index (χ3v) is 2.37. The van der Waals surface area contributed by atoms with Gasteiger partial charge in [0.25, 0.3) is 0 Å². The van der Waals surface area contributed by atoms with Crippen molar-refractivity contribution in [1.29, 1.82) is 0 Å². The van der Waals surface area contributed by atoms with E-state index >= 15 is 0 Å². The van der Waals surface area contributed by atoms with Crippen LogP contribution >= 0.6 is 0 Å². The minimum Gasteiger partial charge on any atom is -0.390 e. The molecule has 0 aromatic carbocycles. The minimum atomic E-state index is -0.304. The lowest BCUT2D eigenvalue weighted by atomic mass is 9.79. The molecular formula is C8H16O2. The SMILES string of the molecule is CC1OCCC(C)(C)[C@H]1O. The maximum Gasteiger partial charge on any atom is 0.0850 e. The number of hydrogen-bond donors (Lipinski definition) is 1. The van der Waals surface area contributed by atoms with Crippen LogP contribution in [0.25, 0.3) is 0 Å². The molecule has 1 unspecified atom stereocenters. The summed E-state index contributed by atoms with van der Waals surface area (Å²) in [5.74, 6) is 0. The zero-order valence-corrected chi connectivity index (χ0v) is 6.92. The molecule has 0 radical (unpaired) electrons. The zero-order chi connectivity index (χ0) is 7.78. The molecule has 1 rings (SSSR count). The Kier molecular flexibility index (Phi) is 2.02. The van der Waals surface area contributed by atoms with E-state index in [4.69, 9.17) is 4.74 Å². The van der Waals surface area contributed by atoms with Crippen LogP contribution < -0.4 is 0 Å². The van der Waals surface area contributed by atoms with Gasteiger partial charge in [-0.05, 0) is 18.8 Å². The van der Waals surface area contributed by atoms with Gasteiger partial charge in [0.2, 0.25) is 0 Å². The number of hydrogen-bond acceptors (Lipinski definition) is 2. The summed E-state index contributed by atoms with van der Waals surface area (Å²) in [6.07, 6.45) is 0.656. The van der Waals surface area contributed by atoms with Gasteiger partial charge in [0.05, 0.1) is 12.2 Å². The van der Waals surface area contributed by atoms with Gasteiger partial charge >= 0.3 is 0 Å². The summed E-state index contributed by atoms with van der Waals surface area (Å²) in [7, 11) is 0. The Morgan fingerprint density at radius 1 is 1.50 bits per heavy atom. The fourth-order valence-electron chi connectivity index (χ4n) is 1.38. The molecule has 1 saturated heterocycles. The molecule has 0 amide bonds. The van der Waals surface area contributed by atoms with Crippen LogP contribution in [0.4, 0.5) is 0 Å². The van der Waals surface area contributed by atoms with Crippen molar-refractivity contribution in [1.82, 2.24) is 0 Å². The molecule has 0 aromatic heterocycles. The predicted molar refractivity (Wildman–Crippen MR) is 39.8 cm³/mol. The Labute approximate surface area is 62.2 Å². The molecule has 1 N–H and O–H groups in total. The Morgan fingerprint density at radius 2 is 2.10 bits per heavy atom. The van der Waals surface area contributed by atoms with Gasteiger partial charge in [-0.15, -0.1) is 0 Å². The highest BCUT2D eigenvalue weighted by Gasteiger charge is 2.35. The lowest BCUT2D eigenvalue weighted by Gasteiger charge is -2.39. The molecule has 2 heteroatoms. The molecule has 1 heterocycles. The summed E-state index contributed by atoms with van der Waals surface area (Å²) in [5, 5.41) is 9.58. The lowest BCUT2D eigenvalue weighted by Crippen LogP contribution is -2.44. The highest BCUT2D eigenvalue weighted by atomic mass is 16.5. The van der Waals surface area contributed by atoms with Gasteiger partial charge in [-0.1, -0.05) is 13.8 Å². The molecule has 1 aliphatic rings. The molecular weight excluding hydrogens is 128 g/mol. The highest BCUT2D eigenvalue weighted by Crippen LogP contribution is 2.32. The first kappa shape index (κ1) is 8.02. The lowest BCUT2D eigenvalue weighted by molar-refractivity contribution is -0.127. The van der Waals surface area contributed by atoms with Crippen LogP contribution in [0.2, 0.25) is 0 Å². The highest BCUT2D eigenvalue weighted by molar-refractivity contribution is 4.85. The fourth-order valence-corrected chi connectivity index (χ4v) is 1.38. The molecule has 0 bridgehead atoms. The number of ether oxygens (including phenoxy) is 1. The van der Waals surface area contributed by atoms with Crippen LogP contribution in [0.1, 0.15) is 27.2 Å². The van der Waals surface area contributed by atoms with Crippen molar-refractivity contribution in [2.45, 2.75) is 39.4 Å². The van der Waals surface area contributed by atoms with Crippen molar-refractivity contribution in [3.05, 3.63) is 0 Å². The Morgan fingerprint density at radius 3 is 2.50 bits per heavy atom. The minimum absolute atomic E-state index is 0.00347. The summed E-state index contributed by atoms with van der Waals surface area (Å²) in [4.78, 5) is 0. The van der Waals surface area contributed by atoms with Crippen molar-refractivity contribution in [3.8, 4) is 0 Å². The van der Waals surface area contributed by atoms with E-state index in [0.717, 1.165) is 13.0 Å². The van der Waals surface area contributed by atoms with Crippen LogP contribution in [0, 0.1) is 5.41 Å². The van der Waals surface area contributed by atoms with Gasteiger partial charge in [-0.2, -0.15) is 0 Å². The van der Waals surface area contributed by atoms with E-state index < -0.39 is 0 Å². The van der Waals surface area contributed by atoms with Crippen molar-refractivity contribution >= 4 is 0 Å². The summed E-state index contributed by atoms with van der Waals surface area (Å²) in [6.45, 7) is 6.87. The van der Waals surface area contributed by atoms with Crippen LogP contribution in [0.3, 0.4) is 0 Å². The molecule has 0 aliphatic carbocycles. The fraction of sp³-hybridized carbons (Fsp3) is 1.00. The first-order chi connectivity index (χ1) is 4.54. The molecule has 60 valence electrons. The number of aliphatic hydroxyl groups excluding tert-OH is 1. The van der Waals surface area contributed by atoms with Gasteiger partial charge in [0.15, 0.2) is 0 Å². The molecule has 0 aromatic rings. The van der Waals surface area contributed by atoms with E-state index in [-0.39, 0.29) is 17.6 Å². The van der Waals surface area contributed by atoms with Crippen molar-refractivity contribution in [2.75, 3.05) is 6.61 Å². The molecule has 2 atom stereocenters. The quantitative estimate of drug-likeness (QED) is 0.553. The molecule has 1 aliphatic heterocycles. The second-order valence-corrected chi connectivity index (χ2v) is 3.76. The van der Waals surface area contributed by atoms with E-state index in [1.165, 1.54) is 0 Å². The molecule has 1 fully saturated rings. The zero-order valence-electron chi connectivity index (χ0n) is 6.92. The van der Waals surface area contributed by atoms with E-state index in [0.29, 0.717) is 0 Å². The van der Waals surface area contributed by atoms with Crippen LogP contribution in [0.5, 0.6) is 0 Å². The monoisotopic (exact) mass is 144 g/mol. The second-order valence-electron chi connectivity index (χ2n) is 3.76. The first-order valence-electron chi connectivity index (χ1n) is 3.84. The van der Waals surface area contributed by atoms with Crippen LogP contribution in [0.15, 0.2) is 0 Å². The molecule has 2 nitrogen and oxygen atoms in total. The smallest absolute Gasteiger partial charge is 0.0850 e. The Bertz CT molecular complexity index is 120. The normalized spacial score (nSPS) is 39.6. The van der Waals surface area contributed by atoms with E-state index in [2.05, 4.69) is 13.8 Å². The molecule has 0 saturated carbocycles. The maximum absolute atomic E-state index is 9.58. The summed E-state index contributed by atoms with van der Waals surface area (Å²) >= 11 is 0. The standard InChI is InChI=1S/C8H16O2/c1-6-7(9)8(2,3)4-5-10-6/h6-7,9H,4-5H2,1-3H3/t6?,7-/m0/s1. The summed E-state index contributed by atoms with van der Waals surface area (Å²) in [6, 6.07) is 0. The first-order valence-corrected chi connectivity index (χ1v) is 3.84. The molecule has 0 spiro atoms. The second kappa shape index (κ2) is 2.51. The van der Waals surface area contributed by atoms with Gasteiger partial charge < -0.3 is 9.84 Å². The van der Waals surface area contributed by atoms with E-state index in [9.17, 15) is 5.11 Å².